The van der Waals surface area contributed by atoms with Crippen molar-refractivity contribution < 1.29 is 21.6 Å². The highest BCUT2D eigenvalue weighted by Crippen LogP contribution is 2.50. The van der Waals surface area contributed by atoms with E-state index in [9.17, 15) is 21.6 Å². The van der Waals surface area contributed by atoms with Crippen molar-refractivity contribution in [2.75, 3.05) is 12.3 Å². The molecule has 0 heterocycles. The van der Waals surface area contributed by atoms with Crippen LogP contribution in [0.1, 0.15) is 24.8 Å². The van der Waals surface area contributed by atoms with Gasteiger partial charge in [0.2, 0.25) is 0 Å². The molecule has 0 spiro atoms. The van der Waals surface area contributed by atoms with Gasteiger partial charge in [-0.05, 0) is 55.5 Å². The number of nitrogens with two attached hydrogens (primary N) is 1. The zero-order valence-electron chi connectivity index (χ0n) is 10.8. The molecule has 0 atom stereocenters. The molecular weight excluding hydrogens is 291 g/mol. The second-order valence-corrected chi connectivity index (χ2v) is 7.31. The SMILES string of the molecule is NCCC1(CS(=O)(=O)c2ccc(C(F)(F)F)cc2)CC1. The van der Waals surface area contributed by atoms with Gasteiger partial charge in [-0.15, -0.1) is 0 Å². The number of rotatable bonds is 5. The van der Waals surface area contributed by atoms with Crippen LogP contribution in [-0.4, -0.2) is 20.7 Å². The lowest BCUT2D eigenvalue weighted by Crippen LogP contribution is -2.20. The minimum atomic E-state index is -4.46. The number of sulfone groups is 1. The van der Waals surface area contributed by atoms with Gasteiger partial charge in [-0.2, -0.15) is 13.2 Å². The number of hydrogen-bond donors (Lipinski definition) is 1. The molecule has 0 bridgehead atoms. The van der Waals surface area contributed by atoms with Gasteiger partial charge in [0.05, 0.1) is 16.2 Å². The highest BCUT2D eigenvalue weighted by Gasteiger charge is 2.45. The summed E-state index contributed by atoms with van der Waals surface area (Å²) in [6, 6.07) is 3.65. The number of hydrogen-bond acceptors (Lipinski definition) is 3. The maximum absolute atomic E-state index is 12.4. The fraction of sp³-hybridized carbons (Fsp3) is 0.538. The van der Waals surface area contributed by atoms with Crippen LogP contribution >= 0.6 is 0 Å². The minimum Gasteiger partial charge on any atom is -0.330 e. The first-order valence-electron chi connectivity index (χ1n) is 6.29. The Labute approximate surface area is 115 Å². The number of alkyl halides is 3. The molecule has 1 aliphatic rings. The molecule has 1 aromatic carbocycles. The predicted molar refractivity (Wildman–Crippen MR) is 68.8 cm³/mol. The van der Waals surface area contributed by atoms with Crippen molar-refractivity contribution in [3.05, 3.63) is 29.8 Å². The van der Waals surface area contributed by atoms with Crippen LogP contribution in [0.2, 0.25) is 0 Å². The first-order chi connectivity index (χ1) is 9.19. The molecule has 0 amide bonds. The molecule has 0 saturated heterocycles. The molecule has 2 N–H and O–H groups in total. The number of benzene rings is 1. The molecule has 20 heavy (non-hydrogen) atoms. The monoisotopic (exact) mass is 307 g/mol. The molecular formula is C13H16F3NO2S. The van der Waals surface area contributed by atoms with E-state index in [1.54, 1.807) is 0 Å². The third-order valence-corrected chi connectivity index (χ3v) is 5.65. The maximum Gasteiger partial charge on any atom is 0.416 e. The summed E-state index contributed by atoms with van der Waals surface area (Å²) in [7, 11) is -3.56. The second-order valence-electron chi connectivity index (χ2n) is 5.32. The van der Waals surface area contributed by atoms with E-state index in [0.29, 0.717) is 13.0 Å². The van der Waals surface area contributed by atoms with Crippen LogP contribution in [0.3, 0.4) is 0 Å². The van der Waals surface area contributed by atoms with Crippen LogP contribution in [0.25, 0.3) is 0 Å². The van der Waals surface area contributed by atoms with E-state index in [1.807, 2.05) is 0 Å². The van der Waals surface area contributed by atoms with Crippen LogP contribution in [0, 0.1) is 5.41 Å². The van der Waals surface area contributed by atoms with Crippen molar-refractivity contribution in [1.29, 1.82) is 0 Å². The lowest BCUT2D eigenvalue weighted by molar-refractivity contribution is -0.137. The molecule has 1 aromatic rings. The Kier molecular flexibility index (Phi) is 3.85. The van der Waals surface area contributed by atoms with Gasteiger partial charge in [-0.25, -0.2) is 8.42 Å². The highest BCUT2D eigenvalue weighted by molar-refractivity contribution is 7.91. The summed E-state index contributed by atoms with van der Waals surface area (Å²) >= 11 is 0. The van der Waals surface area contributed by atoms with Crippen molar-refractivity contribution in [3.8, 4) is 0 Å². The summed E-state index contributed by atoms with van der Waals surface area (Å²) in [6.45, 7) is 0.419. The van der Waals surface area contributed by atoms with Crippen LogP contribution in [0.5, 0.6) is 0 Å². The molecule has 112 valence electrons. The summed E-state index contributed by atoms with van der Waals surface area (Å²) in [6.07, 6.45) is -2.21. The van der Waals surface area contributed by atoms with Crippen molar-refractivity contribution in [2.45, 2.75) is 30.3 Å². The topological polar surface area (TPSA) is 60.2 Å². The number of halogens is 3. The summed E-state index contributed by atoms with van der Waals surface area (Å²) in [5.74, 6) is -0.0391. The molecule has 2 rings (SSSR count). The van der Waals surface area contributed by atoms with Crippen molar-refractivity contribution in [2.24, 2.45) is 11.1 Å². The molecule has 0 aliphatic heterocycles. The molecule has 0 unspecified atom stereocenters. The maximum atomic E-state index is 12.4. The standard InChI is InChI=1S/C13H16F3NO2S/c14-13(15,16)10-1-3-11(4-2-10)20(18,19)9-12(5-6-12)7-8-17/h1-4H,5-9,17H2. The molecule has 0 radical (unpaired) electrons. The van der Waals surface area contributed by atoms with E-state index < -0.39 is 21.6 Å². The summed E-state index contributed by atoms with van der Waals surface area (Å²) < 4.78 is 61.7. The van der Waals surface area contributed by atoms with Gasteiger partial charge in [0.1, 0.15) is 0 Å². The average molecular weight is 307 g/mol. The first-order valence-corrected chi connectivity index (χ1v) is 7.94. The molecule has 1 fully saturated rings. The highest BCUT2D eigenvalue weighted by atomic mass is 32.2. The quantitative estimate of drug-likeness (QED) is 0.909. The smallest absolute Gasteiger partial charge is 0.330 e. The van der Waals surface area contributed by atoms with E-state index in [4.69, 9.17) is 5.73 Å². The van der Waals surface area contributed by atoms with Gasteiger partial charge in [0, 0.05) is 0 Å². The Bertz CT molecular complexity index is 575. The average Bonchev–Trinajstić information content (AvgIpc) is 3.07. The molecule has 1 aliphatic carbocycles. The largest absolute Gasteiger partial charge is 0.416 e. The van der Waals surface area contributed by atoms with Crippen LogP contribution in [-0.2, 0) is 16.0 Å². The summed E-state index contributed by atoms with van der Waals surface area (Å²) in [5.41, 5.74) is 4.34. The van der Waals surface area contributed by atoms with Crippen LogP contribution in [0.4, 0.5) is 13.2 Å². The lowest BCUT2D eigenvalue weighted by Gasteiger charge is -2.14. The van der Waals surface area contributed by atoms with Gasteiger partial charge >= 0.3 is 6.18 Å². The Morgan fingerprint density at radius 1 is 1.15 bits per heavy atom. The fourth-order valence-electron chi connectivity index (χ4n) is 2.29. The van der Waals surface area contributed by atoms with Gasteiger partial charge < -0.3 is 5.73 Å². The van der Waals surface area contributed by atoms with Gasteiger partial charge in [-0.1, -0.05) is 0 Å². The minimum absolute atomic E-state index is 0.0391. The van der Waals surface area contributed by atoms with Crippen LogP contribution < -0.4 is 5.73 Å². The summed E-state index contributed by atoms with van der Waals surface area (Å²) in [5, 5.41) is 0. The fourth-order valence-corrected chi connectivity index (χ4v) is 4.24. The van der Waals surface area contributed by atoms with Crippen molar-refractivity contribution >= 4 is 9.84 Å². The van der Waals surface area contributed by atoms with E-state index >= 15 is 0 Å². The van der Waals surface area contributed by atoms with Gasteiger partial charge in [-0.3, -0.25) is 0 Å². The predicted octanol–water partition coefficient (Wildman–Crippen LogP) is 2.61. The zero-order chi connectivity index (χ0) is 15.0. The molecule has 3 nitrogen and oxygen atoms in total. The second kappa shape index (κ2) is 5.04. The van der Waals surface area contributed by atoms with Crippen molar-refractivity contribution in [1.82, 2.24) is 0 Å². The Balaban J connectivity index is 2.18. The van der Waals surface area contributed by atoms with E-state index in [2.05, 4.69) is 0 Å². The first kappa shape index (κ1) is 15.3. The Morgan fingerprint density at radius 3 is 2.10 bits per heavy atom. The van der Waals surface area contributed by atoms with E-state index in [1.165, 1.54) is 0 Å². The molecule has 7 heteroatoms. The van der Waals surface area contributed by atoms with Gasteiger partial charge in [0.25, 0.3) is 0 Å². The van der Waals surface area contributed by atoms with E-state index in [0.717, 1.165) is 37.1 Å². The Hall–Kier alpha value is -1.08. The van der Waals surface area contributed by atoms with Crippen LogP contribution in [0.15, 0.2) is 29.2 Å². The molecule has 1 saturated carbocycles. The van der Waals surface area contributed by atoms with Crippen molar-refractivity contribution in [3.63, 3.8) is 0 Å². The van der Waals surface area contributed by atoms with Gasteiger partial charge in [0.15, 0.2) is 9.84 Å². The third kappa shape index (κ3) is 3.32. The summed E-state index contributed by atoms with van der Waals surface area (Å²) in [4.78, 5) is -0.0613. The zero-order valence-corrected chi connectivity index (χ0v) is 11.6. The third-order valence-electron chi connectivity index (χ3n) is 3.67. The molecule has 0 aromatic heterocycles. The Morgan fingerprint density at radius 2 is 1.70 bits per heavy atom. The normalized spacial score (nSPS) is 18.0. The lowest BCUT2D eigenvalue weighted by atomic mass is 10.1. The van der Waals surface area contributed by atoms with E-state index in [-0.39, 0.29) is 16.1 Å².